The van der Waals surface area contributed by atoms with Gasteiger partial charge in [0.25, 0.3) is 0 Å². The molecule has 1 fully saturated rings. The normalized spacial score (nSPS) is 19.1. The van der Waals surface area contributed by atoms with Crippen molar-refractivity contribution in [2.24, 2.45) is 0 Å². The minimum absolute atomic E-state index is 0.0904. The van der Waals surface area contributed by atoms with Crippen LogP contribution in [0.2, 0.25) is 0 Å². The van der Waals surface area contributed by atoms with Crippen LogP contribution < -0.4 is 16.0 Å². The van der Waals surface area contributed by atoms with Gasteiger partial charge in [0, 0.05) is 47.6 Å². The van der Waals surface area contributed by atoms with Crippen molar-refractivity contribution in [1.29, 1.82) is 0 Å². The molecule has 0 bridgehead atoms. The second-order valence-electron chi connectivity index (χ2n) is 5.00. The fourth-order valence-corrected chi connectivity index (χ4v) is 2.86. The van der Waals surface area contributed by atoms with E-state index in [2.05, 4.69) is 15.2 Å². The molecule has 1 aromatic carbocycles. The molecule has 1 saturated heterocycles. The van der Waals surface area contributed by atoms with Crippen LogP contribution >= 0.6 is 0 Å². The molecular formula is C15H18N4O. The van der Waals surface area contributed by atoms with Gasteiger partial charge in [0.2, 0.25) is 5.91 Å². The molecule has 1 atom stereocenters. The molecule has 0 radical (unpaired) electrons. The number of hydrogen-bond donors (Lipinski definition) is 2. The van der Waals surface area contributed by atoms with Gasteiger partial charge in [-0.2, -0.15) is 0 Å². The molecule has 1 unspecified atom stereocenters. The summed E-state index contributed by atoms with van der Waals surface area (Å²) in [7, 11) is 0. The number of pyridine rings is 1. The number of rotatable bonds is 2. The van der Waals surface area contributed by atoms with Crippen LogP contribution in [0.1, 0.15) is 13.3 Å². The molecule has 2 aromatic rings. The summed E-state index contributed by atoms with van der Waals surface area (Å²) in [5.41, 5.74) is 7.79. The average Bonchev–Trinajstić information content (AvgIpc) is 2.48. The third kappa shape index (κ3) is 1.95. The predicted octanol–water partition coefficient (Wildman–Crippen LogP) is 1.53. The third-order valence-electron chi connectivity index (χ3n) is 3.86. The van der Waals surface area contributed by atoms with Crippen LogP contribution in [0.4, 0.5) is 11.4 Å². The summed E-state index contributed by atoms with van der Waals surface area (Å²) in [4.78, 5) is 18.4. The number of carbonyl (C=O) groups is 1. The van der Waals surface area contributed by atoms with Crippen molar-refractivity contribution in [2.45, 2.75) is 19.4 Å². The molecule has 2 heterocycles. The number of nitrogens with one attached hydrogen (secondary N) is 1. The number of nitrogens with two attached hydrogens (primary N) is 1. The van der Waals surface area contributed by atoms with Crippen molar-refractivity contribution in [2.75, 3.05) is 23.7 Å². The van der Waals surface area contributed by atoms with E-state index < -0.39 is 0 Å². The Morgan fingerprint density at radius 2 is 2.25 bits per heavy atom. The van der Waals surface area contributed by atoms with E-state index in [1.807, 2.05) is 31.3 Å². The Morgan fingerprint density at radius 1 is 1.40 bits per heavy atom. The highest BCUT2D eigenvalue weighted by Crippen LogP contribution is 2.32. The molecule has 5 heteroatoms. The largest absolute Gasteiger partial charge is 0.398 e. The molecule has 0 aliphatic carbocycles. The smallest absolute Gasteiger partial charge is 0.242 e. The Kier molecular flexibility index (Phi) is 3.18. The van der Waals surface area contributed by atoms with Gasteiger partial charge in [-0.25, -0.2) is 0 Å². The van der Waals surface area contributed by atoms with Crippen molar-refractivity contribution in [3.63, 3.8) is 0 Å². The van der Waals surface area contributed by atoms with E-state index in [1.54, 1.807) is 6.20 Å². The first-order valence-corrected chi connectivity index (χ1v) is 6.89. The summed E-state index contributed by atoms with van der Waals surface area (Å²) in [6.07, 6.45) is 4.33. The first-order chi connectivity index (χ1) is 9.72. The van der Waals surface area contributed by atoms with Crippen LogP contribution in [0, 0.1) is 0 Å². The molecule has 0 saturated carbocycles. The highest BCUT2D eigenvalue weighted by atomic mass is 16.2. The third-order valence-corrected chi connectivity index (χ3v) is 3.86. The highest BCUT2D eigenvalue weighted by Gasteiger charge is 2.29. The molecule has 1 aromatic heterocycles. The van der Waals surface area contributed by atoms with Gasteiger partial charge in [0.1, 0.15) is 6.04 Å². The lowest BCUT2D eigenvalue weighted by Gasteiger charge is -2.37. The Balaban J connectivity index is 2.14. The summed E-state index contributed by atoms with van der Waals surface area (Å²) >= 11 is 0. The predicted molar refractivity (Wildman–Crippen MR) is 80.6 cm³/mol. The van der Waals surface area contributed by atoms with Gasteiger partial charge in [-0.3, -0.25) is 9.78 Å². The van der Waals surface area contributed by atoms with Crippen molar-refractivity contribution in [1.82, 2.24) is 10.3 Å². The Hall–Kier alpha value is -2.30. The second kappa shape index (κ2) is 5.00. The van der Waals surface area contributed by atoms with Gasteiger partial charge in [0.15, 0.2) is 0 Å². The molecule has 1 aliphatic heterocycles. The van der Waals surface area contributed by atoms with Crippen LogP contribution in [0.25, 0.3) is 10.8 Å². The fourth-order valence-electron chi connectivity index (χ4n) is 2.86. The maximum atomic E-state index is 12.0. The maximum absolute atomic E-state index is 12.0. The summed E-state index contributed by atoms with van der Waals surface area (Å²) in [5.74, 6) is 0.0904. The summed E-state index contributed by atoms with van der Waals surface area (Å²) in [5, 5.41) is 4.91. The molecule has 3 N–H and O–H groups in total. The van der Waals surface area contributed by atoms with Gasteiger partial charge in [-0.05, 0) is 24.6 Å². The van der Waals surface area contributed by atoms with Crippen LogP contribution in [0.15, 0.2) is 30.6 Å². The van der Waals surface area contributed by atoms with E-state index in [4.69, 9.17) is 5.73 Å². The minimum atomic E-state index is -0.129. The van der Waals surface area contributed by atoms with E-state index in [-0.39, 0.29) is 11.9 Å². The lowest BCUT2D eigenvalue weighted by atomic mass is 10.0. The number of piperazine rings is 1. The van der Waals surface area contributed by atoms with Gasteiger partial charge in [0.05, 0.1) is 0 Å². The van der Waals surface area contributed by atoms with Gasteiger partial charge in [-0.1, -0.05) is 6.92 Å². The first kappa shape index (κ1) is 12.7. The average molecular weight is 270 g/mol. The van der Waals surface area contributed by atoms with Crippen molar-refractivity contribution in [3.05, 3.63) is 30.6 Å². The van der Waals surface area contributed by atoms with Crippen molar-refractivity contribution >= 4 is 28.1 Å². The lowest BCUT2D eigenvalue weighted by Crippen LogP contribution is -2.55. The number of anilines is 2. The molecule has 20 heavy (non-hydrogen) atoms. The number of carbonyl (C=O) groups excluding carboxylic acids is 1. The van der Waals surface area contributed by atoms with E-state index in [1.165, 1.54) is 0 Å². The first-order valence-electron chi connectivity index (χ1n) is 6.89. The monoisotopic (exact) mass is 270 g/mol. The highest BCUT2D eigenvalue weighted by molar-refractivity contribution is 6.02. The maximum Gasteiger partial charge on any atom is 0.242 e. The number of fused-ring (bicyclic) bond motifs is 1. The van der Waals surface area contributed by atoms with Gasteiger partial charge in [-0.15, -0.1) is 0 Å². The molecular weight excluding hydrogens is 252 g/mol. The van der Waals surface area contributed by atoms with Crippen LogP contribution in [-0.2, 0) is 4.79 Å². The number of hydrogen-bond acceptors (Lipinski definition) is 4. The number of amides is 1. The zero-order valence-electron chi connectivity index (χ0n) is 11.5. The number of aromatic nitrogens is 1. The number of nitrogens with zero attached hydrogens (tertiary/aromatic N) is 2. The number of benzene rings is 1. The Bertz CT molecular complexity index is 655. The Labute approximate surface area is 117 Å². The lowest BCUT2D eigenvalue weighted by molar-refractivity contribution is -0.123. The summed E-state index contributed by atoms with van der Waals surface area (Å²) in [6.45, 7) is 3.50. The van der Waals surface area contributed by atoms with E-state index in [9.17, 15) is 4.79 Å². The van der Waals surface area contributed by atoms with E-state index >= 15 is 0 Å². The van der Waals surface area contributed by atoms with Crippen LogP contribution in [0.3, 0.4) is 0 Å². The van der Waals surface area contributed by atoms with Crippen LogP contribution in [-0.4, -0.2) is 30.0 Å². The summed E-state index contributed by atoms with van der Waals surface area (Å²) in [6, 6.07) is 5.67. The number of nitrogen functional groups attached to an aromatic ring is 1. The van der Waals surface area contributed by atoms with E-state index in [0.717, 1.165) is 35.1 Å². The quantitative estimate of drug-likeness (QED) is 0.812. The van der Waals surface area contributed by atoms with E-state index in [0.29, 0.717) is 6.54 Å². The molecule has 104 valence electrons. The molecule has 1 aliphatic rings. The fraction of sp³-hybridized carbons (Fsp3) is 0.333. The van der Waals surface area contributed by atoms with Crippen molar-refractivity contribution in [3.8, 4) is 0 Å². The zero-order valence-corrected chi connectivity index (χ0v) is 11.5. The zero-order chi connectivity index (χ0) is 14.1. The Morgan fingerprint density at radius 3 is 3.05 bits per heavy atom. The molecule has 0 spiro atoms. The van der Waals surface area contributed by atoms with Crippen molar-refractivity contribution < 1.29 is 4.79 Å². The van der Waals surface area contributed by atoms with Crippen LogP contribution in [0.5, 0.6) is 0 Å². The minimum Gasteiger partial charge on any atom is -0.398 e. The SMILES string of the molecule is CCC1C(=O)NCCN1c1ccc(N)c2ccncc12. The standard InChI is InChI=1S/C15H18N4O/c1-2-13-15(20)18-7-8-19(13)14-4-3-12(16)10-5-6-17-9-11(10)14/h3-6,9,13H,2,7-8,16H2,1H3,(H,18,20). The van der Waals surface area contributed by atoms with Gasteiger partial charge < -0.3 is 16.0 Å². The molecule has 1 amide bonds. The van der Waals surface area contributed by atoms with Gasteiger partial charge >= 0.3 is 0 Å². The second-order valence-corrected chi connectivity index (χ2v) is 5.00. The summed E-state index contributed by atoms with van der Waals surface area (Å²) < 4.78 is 0. The molecule has 3 rings (SSSR count). The topological polar surface area (TPSA) is 71.2 Å². The molecule has 5 nitrogen and oxygen atoms in total.